The monoisotopic (exact) mass is 424 g/mol. The van der Waals surface area contributed by atoms with Gasteiger partial charge in [-0.25, -0.2) is 8.42 Å². The number of ether oxygens (including phenoxy) is 1. The summed E-state index contributed by atoms with van der Waals surface area (Å²) in [6, 6.07) is 11.0. The first-order valence-electron chi connectivity index (χ1n) is 8.99. The van der Waals surface area contributed by atoms with Gasteiger partial charge in [-0.05, 0) is 42.8 Å². The SMILES string of the molecule is CCN(CC)S(=O)(=O)c1ccc([C@H](C)NC(=O)c2cc(Cl)ccc2OC)cc1. The van der Waals surface area contributed by atoms with E-state index >= 15 is 0 Å². The number of sulfonamides is 1. The Morgan fingerprint density at radius 2 is 1.75 bits per heavy atom. The van der Waals surface area contributed by atoms with Crippen molar-refractivity contribution in [2.45, 2.75) is 31.7 Å². The van der Waals surface area contributed by atoms with Gasteiger partial charge in [-0.15, -0.1) is 0 Å². The number of methoxy groups -OCH3 is 1. The molecule has 2 rings (SSSR count). The lowest BCUT2D eigenvalue weighted by Crippen LogP contribution is -2.30. The second kappa shape index (κ2) is 9.41. The van der Waals surface area contributed by atoms with Crippen molar-refractivity contribution in [3.63, 3.8) is 0 Å². The van der Waals surface area contributed by atoms with Gasteiger partial charge in [0.25, 0.3) is 5.91 Å². The number of nitrogens with one attached hydrogen (secondary N) is 1. The van der Waals surface area contributed by atoms with Gasteiger partial charge in [0, 0.05) is 18.1 Å². The normalized spacial score (nSPS) is 12.6. The van der Waals surface area contributed by atoms with Crippen LogP contribution in [-0.2, 0) is 10.0 Å². The van der Waals surface area contributed by atoms with Crippen molar-refractivity contribution in [3.05, 3.63) is 58.6 Å². The number of nitrogens with zero attached hydrogens (tertiary/aromatic N) is 1. The smallest absolute Gasteiger partial charge is 0.255 e. The fourth-order valence-electron chi connectivity index (χ4n) is 2.86. The van der Waals surface area contributed by atoms with E-state index < -0.39 is 10.0 Å². The summed E-state index contributed by atoms with van der Waals surface area (Å²) >= 11 is 5.98. The standard InChI is InChI=1S/C20H25ClN2O4S/c1-5-23(6-2)28(25,26)17-10-7-15(8-11-17)14(3)22-20(24)18-13-16(21)9-12-19(18)27-4/h7-14H,5-6H2,1-4H3,(H,22,24)/t14-/m0/s1. The number of hydrogen-bond acceptors (Lipinski definition) is 4. The molecule has 0 aromatic heterocycles. The molecule has 1 atom stereocenters. The summed E-state index contributed by atoms with van der Waals surface area (Å²) in [5, 5.41) is 3.32. The van der Waals surface area contributed by atoms with Crippen molar-refractivity contribution in [2.24, 2.45) is 0 Å². The minimum Gasteiger partial charge on any atom is -0.496 e. The Morgan fingerprint density at radius 1 is 1.14 bits per heavy atom. The molecule has 2 aromatic rings. The van der Waals surface area contributed by atoms with Crippen LogP contribution in [-0.4, -0.2) is 38.8 Å². The van der Waals surface area contributed by atoms with Crippen LogP contribution in [0.4, 0.5) is 0 Å². The summed E-state index contributed by atoms with van der Waals surface area (Å²) in [7, 11) is -2.02. The number of hydrogen-bond donors (Lipinski definition) is 1. The zero-order chi connectivity index (χ0) is 20.9. The molecule has 0 heterocycles. The van der Waals surface area contributed by atoms with E-state index in [0.717, 1.165) is 5.56 Å². The largest absolute Gasteiger partial charge is 0.496 e. The number of carbonyl (C=O) groups is 1. The van der Waals surface area contributed by atoms with Crippen LogP contribution in [0.15, 0.2) is 47.4 Å². The molecular weight excluding hydrogens is 400 g/mol. The average molecular weight is 425 g/mol. The third kappa shape index (κ3) is 4.84. The van der Waals surface area contributed by atoms with Crippen molar-refractivity contribution in [1.82, 2.24) is 9.62 Å². The molecular formula is C20H25ClN2O4S. The number of halogens is 1. The van der Waals surface area contributed by atoms with Gasteiger partial charge in [-0.1, -0.05) is 37.6 Å². The highest BCUT2D eigenvalue weighted by Gasteiger charge is 2.22. The highest BCUT2D eigenvalue weighted by Crippen LogP contribution is 2.24. The molecule has 1 N–H and O–H groups in total. The van der Waals surface area contributed by atoms with E-state index in [1.807, 2.05) is 6.92 Å². The molecule has 8 heteroatoms. The molecule has 0 bridgehead atoms. The minimum absolute atomic E-state index is 0.231. The van der Waals surface area contributed by atoms with E-state index in [2.05, 4.69) is 5.32 Å². The quantitative estimate of drug-likeness (QED) is 0.697. The van der Waals surface area contributed by atoms with Gasteiger partial charge in [0.05, 0.1) is 23.6 Å². The summed E-state index contributed by atoms with van der Waals surface area (Å²) in [6.45, 7) is 6.25. The Bertz CT molecular complexity index is 926. The van der Waals surface area contributed by atoms with Gasteiger partial charge >= 0.3 is 0 Å². The van der Waals surface area contributed by atoms with E-state index in [9.17, 15) is 13.2 Å². The first kappa shape index (κ1) is 22.2. The molecule has 0 saturated heterocycles. The van der Waals surface area contributed by atoms with Crippen molar-refractivity contribution in [2.75, 3.05) is 20.2 Å². The molecule has 0 aliphatic carbocycles. The number of amides is 1. The summed E-state index contributed by atoms with van der Waals surface area (Å²) in [4.78, 5) is 12.8. The van der Waals surface area contributed by atoms with E-state index in [4.69, 9.17) is 16.3 Å². The van der Waals surface area contributed by atoms with Crippen LogP contribution in [0.5, 0.6) is 5.75 Å². The van der Waals surface area contributed by atoms with Crippen molar-refractivity contribution < 1.29 is 17.9 Å². The van der Waals surface area contributed by atoms with E-state index in [1.165, 1.54) is 11.4 Å². The molecule has 1 amide bonds. The molecule has 0 saturated carbocycles. The molecule has 0 aliphatic heterocycles. The maximum absolute atomic E-state index is 12.6. The van der Waals surface area contributed by atoms with Crippen LogP contribution < -0.4 is 10.1 Å². The Hall–Kier alpha value is -2.09. The van der Waals surface area contributed by atoms with Crippen molar-refractivity contribution in [3.8, 4) is 5.75 Å². The summed E-state index contributed by atoms with van der Waals surface area (Å²) in [6.07, 6.45) is 0. The van der Waals surface area contributed by atoms with Gasteiger partial charge in [-0.3, -0.25) is 4.79 Å². The molecule has 0 spiro atoms. The molecule has 0 aliphatic rings. The van der Waals surface area contributed by atoms with Crippen LogP contribution >= 0.6 is 11.6 Å². The van der Waals surface area contributed by atoms with Gasteiger partial charge in [0.15, 0.2) is 0 Å². The molecule has 152 valence electrons. The second-order valence-corrected chi connectivity index (χ2v) is 8.57. The number of benzene rings is 2. The lowest BCUT2D eigenvalue weighted by molar-refractivity contribution is 0.0937. The molecule has 0 unspecified atom stereocenters. The summed E-state index contributed by atoms with van der Waals surface area (Å²) < 4.78 is 31.8. The predicted molar refractivity (Wildman–Crippen MR) is 110 cm³/mol. The third-order valence-corrected chi connectivity index (χ3v) is 6.78. The minimum atomic E-state index is -3.51. The first-order chi connectivity index (χ1) is 13.2. The Balaban J connectivity index is 2.19. The third-order valence-electron chi connectivity index (χ3n) is 4.48. The van der Waals surface area contributed by atoms with Crippen molar-refractivity contribution >= 4 is 27.5 Å². The highest BCUT2D eigenvalue weighted by atomic mass is 35.5. The maximum atomic E-state index is 12.6. The first-order valence-corrected chi connectivity index (χ1v) is 10.8. The van der Waals surface area contributed by atoms with E-state index in [0.29, 0.717) is 29.4 Å². The van der Waals surface area contributed by atoms with Gasteiger partial charge in [-0.2, -0.15) is 4.31 Å². The molecule has 2 aromatic carbocycles. The van der Waals surface area contributed by atoms with Crippen LogP contribution in [0.3, 0.4) is 0 Å². The van der Waals surface area contributed by atoms with Crippen LogP contribution in [0.1, 0.15) is 42.7 Å². The molecule has 0 radical (unpaired) electrons. The summed E-state index contributed by atoms with van der Waals surface area (Å²) in [5.74, 6) is 0.0986. The zero-order valence-electron chi connectivity index (χ0n) is 16.4. The predicted octanol–water partition coefficient (Wildman–Crippen LogP) is 3.87. The Kier molecular flexibility index (Phi) is 7.46. The summed E-state index contributed by atoms with van der Waals surface area (Å²) in [5.41, 5.74) is 1.12. The Labute approximate surface area is 171 Å². The van der Waals surface area contributed by atoms with Crippen LogP contribution in [0.25, 0.3) is 0 Å². The van der Waals surface area contributed by atoms with Gasteiger partial charge in [0.2, 0.25) is 10.0 Å². The lowest BCUT2D eigenvalue weighted by atomic mass is 10.1. The van der Waals surface area contributed by atoms with Crippen LogP contribution in [0, 0.1) is 0 Å². The zero-order valence-corrected chi connectivity index (χ0v) is 18.0. The number of rotatable bonds is 8. The fourth-order valence-corrected chi connectivity index (χ4v) is 4.49. The average Bonchev–Trinajstić information content (AvgIpc) is 2.68. The van der Waals surface area contributed by atoms with Gasteiger partial charge < -0.3 is 10.1 Å². The van der Waals surface area contributed by atoms with E-state index in [1.54, 1.807) is 56.3 Å². The Morgan fingerprint density at radius 3 is 2.29 bits per heavy atom. The maximum Gasteiger partial charge on any atom is 0.255 e. The topological polar surface area (TPSA) is 75.7 Å². The second-order valence-electron chi connectivity index (χ2n) is 6.20. The molecule has 0 fully saturated rings. The highest BCUT2D eigenvalue weighted by molar-refractivity contribution is 7.89. The van der Waals surface area contributed by atoms with E-state index in [-0.39, 0.29) is 16.8 Å². The lowest BCUT2D eigenvalue weighted by Gasteiger charge is -2.19. The van der Waals surface area contributed by atoms with Crippen LogP contribution in [0.2, 0.25) is 5.02 Å². The molecule has 6 nitrogen and oxygen atoms in total. The van der Waals surface area contributed by atoms with Gasteiger partial charge in [0.1, 0.15) is 5.75 Å². The number of carbonyl (C=O) groups excluding carboxylic acids is 1. The fraction of sp³-hybridized carbons (Fsp3) is 0.350. The molecule has 28 heavy (non-hydrogen) atoms. The van der Waals surface area contributed by atoms with Crippen molar-refractivity contribution in [1.29, 1.82) is 0 Å².